The molecular formula is C28H25NO6. The standard InChI is InChI=1S/C28H25NO6/c1-2-19-8-11-22(12-9-19)33-18-26(30)34-23-13-10-21-16-24(28(32)35-25(21)17-23)27(31)29-15-14-20-6-4-3-5-7-20/h3-13,16-17H,2,14-15,18H2,1H3,(H,29,31). The topological polar surface area (TPSA) is 94.8 Å². The zero-order valence-electron chi connectivity index (χ0n) is 19.3. The molecular weight excluding hydrogens is 446 g/mol. The quantitative estimate of drug-likeness (QED) is 0.222. The van der Waals surface area contributed by atoms with Gasteiger partial charge in [-0.3, -0.25) is 4.79 Å². The highest BCUT2D eigenvalue weighted by Gasteiger charge is 2.15. The van der Waals surface area contributed by atoms with Crippen molar-refractivity contribution in [3.8, 4) is 11.5 Å². The Kier molecular flexibility index (Phi) is 7.57. The lowest BCUT2D eigenvalue weighted by Gasteiger charge is -2.08. The van der Waals surface area contributed by atoms with Crippen molar-refractivity contribution in [3.63, 3.8) is 0 Å². The first-order valence-corrected chi connectivity index (χ1v) is 11.3. The molecule has 0 aliphatic rings. The molecule has 0 spiro atoms. The highest BCUT2D eigenvalue weighted by Crippen LogP contribution is 2.21. The summed E-state index contributed by atoms with van der Waals surface area (Å²) in [5.41, 5.74) is 1.61. The van der Waals surface area contributed by atoms with Gasteiger partial charge in [0.25, 0.3) is 5.91 Å². The maximum absolute atomic E-state index is 12.5. The summed E-state index contributed by atoms with van der Waals surface area (Å²) >= 11 is 0. The Labute approximate surface area is 202 Å². The van der Waals surface area contributed by atoms with Gasteiger partial charge in [-0.2, -0.15) is 0 Å². The summed E-state index contributed by atoms with van der Waals surface area (Å²) in [7, 11) is 0. The maximum atomic E-state index is 12.5. The van der Waals surface area contributed by atoms with E-state index < -0.39 is 17.5 Å². The van der Waals surface area contributed by atoms with Crippen molar-refractivity contribution in [2.24, 2.45) is 0 Å². The lowest BCUT2D eigenvalue weighted by Crippen LogP contribution is -2.29. The van der Waals surface area contributed by atoms with Crippen molar-refractivity contribution in [3.05, 3.63) is 106 Å². The molecule has 0 aliphatic heterocycles. The smallest absolute Gasteiger partial charge is 0.349 e. The highest BCUT2D eigenvalue weighted by atomic mass is 16.6. The van der Waals surface area contributed by atoms with E-state index in [9.17, 15) is 14.4 Å². The van der Waals surface area contributed by atoms with Gasteiger partial charge in [-0.05, 0) is 54.3 Å². The average Bonchev–Trinajstić information content (AvgIpc) is 2.88. The summed E-state index contributed by atoms with van der Waals surface area (Å²) in [5.74, 6) is -0.328. The van der Waals surface area contributed by atoms with Crippen LogP contribution in [0, 0.1) is 0 Å². The number of carbonyl (C=O) groups excluding carboxylic acids is 2. The Hall–Kier alpha value is -4.39. The van der Waals surface area contributed by atoms with E-state index in [1.54, 1.807) is 24.3 Å². The van der Waals surface area contributed by atoms with Gasteiger partial charge in [0.15, 0.2) is 6.61 Å². The molecule has 35 heavy (non-hydrogen) atoms. The van der Waals surface area contributed by atoms with Crippen molar-refractivity contribution in [2.75, 3.05) is 13.2 Å². The summed E-state index contributed by atoms with van der Waals surface area (Å²) in [6.45, 7) is 2.18. The van der Waals surface area contributed by atoms with E-state index >= 15 is 0 Å². The monoisotopic (exact) mass is 471 g/mol. The predicted molar refractivity (Wildman–Crippen MR) is 132 cm³/mol. The lowest BCUT2D eigenvalue weighted by atomic mass is 10.1. The second-order valence-corrected chi connectivity index (χ2v) is 7.90. The molecule has 1 heterocycles. The molecule has 7 nitrogen and oxygen atoms in total. The predicted octanol–water partition coefficient (Wildman–Crippen LogP) is 4.31. The van der Waals surface area contributed by atoms with E-state index in [1.165, 1.54) is 17.7 Å². The zero-order valence-corrected chi connectivity index (χ0v) is 19.3. The van der Waals surface area contributed by atoms with Crippen LogP contribution in [-0.2, 0) is 17.6 Å². The fraction of sp³-hybridized carbons (Fsp3) is 0.179. The molecule has 0 unspecified atom stereocenters. The molecule has 1 aromatic heterocycles. The number of rotatable bonds is 9. The number of esters is 1. The molecule has 4 aromatic rings. The van der Waals surface area contributed by atoms with Crippen molar-refractivity contribution in [1.29, 1.82) is 0 Å². The first-order valence-electron chi connectivity index (χ1n) is 11.3. The van der Waals surface area contributed by atoms with Crippen LogP contribution < -0.4 is 20.4 Å². The maximum Gasteiger partial charge on any atom is 0.349 e. The summed E-state index contributed by atoms with van der Waals surface area (Å²) in [4.78, 5) is 37.0. The van der Waals surface area contributed by atoms with E-state index in [0.717, 1.165) is 12.0 Å². The lowest BCUT2D eigenvalue weighted by molar-refractivity contribution is -0.136. The molecule has 7 heteroatoms. The molecule has 0 bridgehead atoms. The molecule has 0 radical (unpaired) electrons. The number of hydrogen-bond donors (Lipinski definition) is 1. The minimum absolute atomic E-state index is 0.0854. The molecule has 1 amide bonds. The summed E-state index contributed by atoms with van der Waals surface area (Å²) in [6.07, 6.45) is 1.56. The van der Waals surface area contributed by atoms with Crippen LogP contribution in [0.2, 0.25) is 0 Å². The minimum Gasteiger partial charge on any atom is -0.482 e. The Bertz CT molecular complexity index is 1380. The number of aryl methyl sites for hydroxylation is 1. The molecule has 3 aromatic carbocycles. The zero-order chi connectivity index (χ0) is 24.6. The van der Waals surface area contributed by atoms with Crippen LogP contribution in [0.3, 0.4) is 0 Å². The van der Waals surface area contributed by atoms with Crippen molar-refractivity contribution >= 4 is 22.8 Å². The van der Waals surface area contributed by atoms with Crippen LogP contribution in [0.5, 0.6) is 11.5 Å². The van der Waals surface area contributed by atoms with Crippen LogP contribution in [0.15, 0.2) is 88.1 Å². The minimum atomic E-state index is -0.767. The Morgan fingerprint density at radius 2 is 1.63 bits per heavy atom. The van der Waals surface area contributed by atoms with Gasteiger partial charge in [0.1, 0.15) is 22.6 Å². The number of ether oxygens (including phenoxy) is 2. The molecule has 0 saturated heterocycles. The summed E-state index contributed by atoms with van der Waals surface area (Å²) < 4.78 is 16.1. The summed E-state index contributed by atoms with van der Waals surface area (Å²) in [5, 5.41) is 3.27. The molecule has 0 atom stereocenters. The van der Waals surface area contributed by atoms with Gasteiger partial charge in [0.05, 0.1) is 0 Å². The third kappa shape index (κ3) is 6.35. The molecule has 178 valence electrons. The molecule has 1 N–H and O–H groups in total. The molecule has 0 aliphatic carbocycles. The largest absolute Gasteiger partial charge is 0.482 e. The van der Waals surface area contributed by atoms with Crippen LogP contribution >= 0.6 is 0 Å². The van der Waals surface area contributed by atoms with E-state index in [-0.39, 0.29) is 23.5 Å². The molecule has 0 saturated carbocycles. The van der Waals surface area contributed by atoms with Gasteiger partial charge in [0.2, 0.25) is 0 Å². The highest BCUT2D eigenvalue weighted by molar-refractivity contribution is 5.96. The molecule has 4 rings (SSSR count). The van der Waals surface area contributed by atoms with Gasteiger partial charge >= 0.3 is 11.6 Å². The Morgan fingerprint density at radius 1 is 0.886 bits per heavy atom. The van der Waals surface area contributed by atoms with Crippen molar-refractivity contribution in [1.82, 2.24) is 5.32 Å². The SMILES string of the molecule is CCc1ccc(OCC(=O)Oc2ccc3cc(C(=O)NCCc4ccccc4)c(=O)oc3c2)cc1. The number of hydrogen-bond acceptors (Lipinski definition) is 6. The van der Waals surface area contributed by atoms with Crippen LogP contribution in [-0.4, -0.2) is 25.0 Å². The number of amides is 1. The molecule has 0 fully saturated rings. The fourth-order valence-corrected chi connectivity index (χ4v) is 3.50. The van der Waals surface area contributed by atoms with Crippen LogP contribution in [0.25, 0.3) is 11.0 Å². The van der Waals surface area contributed by atoms with Gasteiger partial charge in [-0.15, -0.1) is 0 Å². The first-order chi connectivity index (χ1) is 17.0. The number of nitrogens with one attached hydrogen (secondary N) is 1. The van der Waals surface area contributed by atoms with E-state index in [4.69, 9.17) is 13.9 Å². The number of fused-ring (bicyclic) bond motifs is 1. The third-order valence-electron chi connectivity index (χ3n) is 5.41. The van der Waals surface area contributed by atoms with Crippen LogP contribution in [0.4, 0.5) is 0 Å². The second kappa shape index (κ2) is 11.2. The Balaban J connectivity index is 1.36. The van der Waals surface area contributed by atoms with E-state index in [0.29, 0.717) is 24.1 Å². The van der Waals surface area contributed by atoms with E-state index in [2.05, 4.69) is 12.2 Å². The normalized spacial score (nSPS) is 10.7. The van der Waals surface area contributed by atoms with Crippen LogP contribution in [0.1, 0.15) is 28.4 Å². The van der Waals surface area contributed by atoms with Gasteiger partial charge < -0.3 is 19.2 Å². The average molecular weight is 472 g/mol. The third-order valence-corrected chi connectivity index (χ3v) is 5.41. The second-order valence-electron chi connectivity index (χ2n) is 7.90. The summed E-state index contributed by atoms with van der Waals surface area (Å²) in [6, 6.07) is 23.3. The number of carbonyl (C=O) groups is 2. The fourth-order valence-electron chi connectivity index (χ4n) is 3.50. The van der Waals surface area contributed by atoms with Gasteiger partial charge in [-0.25, -0.2) is 9.59 Å². The van der Waals surface area contributed by atoms with Crippen molar-refractivity contribution in [2.45, 2.75) is 19.8 Å². The van der Waals surface area contributed by atoms with Gasteiger partial charge in [0, 0.05) is 18.0 Å². The first kappa shape index (κ1) is 23.8. The van der Waals surface area contributed by atoms with Crippen molar-refractivity contribution < 1.29 is 23.5 Å². The van der Waals surface area contributed by atoms with Gasteiger partial charge in [-0.1, -0.05) is 49.4 Å². The van der Waals surface area contributed by atoms with E-state index in [1.807, 2.05) is 42.5 Å². The number of benzene rings is 3. The Morgan fingerprint density at radius 3 is 2.37 bits per heavy atom.